The molecule has 0 aliphatic carbocycles. The number of nitrogens with one attached hydrogen (secondary N) is 1. The van der Waals surface area contributed by atoms with Crippen LogP contribution in [0.3, 0.4) is 0 Å². The largest absolute Gasteiger partial charge is 0.569 e. The lowest BCUT2D eigenvalue weighted by atomic mass is 10.1. The molecule has 4 rings (SSSR count). The molecule has 0 radical (unpaired) electrons. The highest BCUT2D eigenvalue weighted by molar-refractivity contribution is 7.90. The van der Waals surface area contributed by atoms with E-state index < -0.39 is 52.6 Å². The Morgan fingerprint density at radius 3 is 2.25 bits per heavy atom. The first kappa shape index (κ1) is 35.8. The third-order valence-corrected chi connectivity index (χ3v) is 8.08. The number of hydrogen-bond donors (Lipinski definition) is 1. The summed E-state index contributed by atoms with van der Waals surface area (Å²) >= 11 is 0. The first-order chi connectivity index (χ1) is 22.5. The zero-order valence-electron chi connectivity index (χ0n) is 26.2. The average Bonchev–Trinajstić information content (AvgIpc) is 3.46. The van der Waals surface area contributed by atoms with E-state index in [2.05, 4.69) is 10.4 Å². The molecule has 1 saturated heterocycles. The van der Waals surface area contributed by atoms with E-state index in [0.717, 1.165) is 28.4 Å². The quantitative estimate of drug-likeness (QED) is 0.0935. The number of amides is 1. The lowest BCUT2D eigenvalue weighted by Gasteiger charge is -2.28. The van der Waals surface area contributed by atoms with E-state index >= 15 is 0 Å². The van der Waals surface area contributed by atoms with Crippen LogP contribution in [-0.4, -0.2) is 72.0 Å². The van der Waals surface area contributed by atoms with Crippen LogP contribution in [0.1, 0.15) is 44.9 Å². The number of aromatic nitrogens is 2. The van der Waals surface area contributed by atoms with E-state index in [1.165, 1.54) is 24.1 Å². The number of nitrogens with zero attached hydrogens (tertiary/aromatic N) is 5. The van der Waals surface area contributed by atoms with Crippen LogP contribution in [0.4, 0.5) is 22.8 Å². The van der Waals surface area contributed by atoms with Gasteiger partial charge >= 0.3 is 18.4 Å². The summed E-state index contributed by atoms with van der Waals surface area (Å²) in [6.45, 7) is 6.55. The van der Waals surface area contributed by atoms with Crippen LogP contribution < -0.4 is 4.72 Å². The number of halogens is 3. The molecule has 0 saturated carbocycles. The van der Waals surface area contributed by atoms with Crippen LogP contribution in [-0.2, 0) is 35.2 Å². The molecule has 1 unspecified atom stereocenters. The Kier molecular flexibility index (Phi) is 11.0. The van der Waals surface area contributed by atoms with Crippen molar-refractivity contribution in [3.05, 3.63) is 71.1 Å². The van der Waals surface area contributed by atoms with Crippen molar-refractivity contribution in [1.29, 1.82) is 0 Å². The minimum atomic E-state index is -4.72. The Morgan fingerprint density at radius 1 is 1.04 bits per heavy atom. The highest BCUT2D eigenvalue weighted by Crippen LogP contribution is 2.33. The Morgan fingerprint density at radius 2 is 1.67 bits per heavy atom. The third kappa shape index (κ3) is 9.49. The fraction of sp³-hybridized carbons (Fsp3) is 0.414. The van der Waals surface area contributed by atoms with Crippen molar-refractivity contribution in [2.24, 2.45) is 5.28 Å². The van der Waals surface area contributed by atoms with Gasteiger partial charge in [0.1, 0.15) is 6.10 Å². The predicted molar refractivity (Wildman–Crippen MR) is 159 cm³/mol. The molecule has 1 amide bonds. The van der Waals surface area contributed by atoms with Gasteiger partial charge < -0.3 is 19.4 Å². The number of carbonyl (C=O) groups is 2. The number of piperidine rings is 1. The lowest BCUT2D eigenvalue weighted by Crippen LogP contribution is -2.43. The fourth-order valence-corrected chi connectivity index (χ4v) is 5.30. The first-order valence-corrected chi connectivity index (χ1v) is 16.0. The monoisotopic (exact) mass is 698 g/mol. The van der Waals surface area contributed by atoms with Crippen LogP contribution in [0.15, 0.2) is 64.8 Å². The summed E-state index contributed by atoms with van der Waals surface area (Å²) in [5.74, 6) is 0. The van der Waals surface area contributed by atoms with Gasteiger partial charge in [-0.05, 0) is 51.1 Å². The highest BCUT2D eigenvalue weighted by atomic mass is 32.2. The van der Waals surface area contributed by atoms with Crippen molar-refractivity contribution in [2.75, 3.05) is 13.1 Å². The molecular formula is C29H33F3N6O9S. The molecule has 0 spiro atoms. The number of hydrazine groups is 1. The molecule has 2 heterocycles. The second-order valence-electron chi connectivity index (χ2n) is 10.9. The van der Waals surface area contributed by atoms with E-state index in [4.69, 9.17) is 19.0 Å². The number of alkyl halides is 3. The molecule has 15 nitrogen and oxygen atoms in total. The Hall–Kier alpha value is -5.07. The van der Waals surface area contributed by atoms with Gasteiger partial charge in [-0.1, -0.05) is 29.8 Å². The molecular weight excluding hydrogens is 665 g/mol. The topological polar surface area (TPSA) is 177 Å². The van der Waals surface area contributed by atoms with Gasteiger partial charge in [0.15, 0.2) is 5.69 Å². The van der Waals surface area contributed by atoms with E-state index in [-0.39, 0.29) is 47.2 Å². The average molecular weight is 699 g/mol. The van der Waals surface area contributed by atoms with Crippen molar-refractivity contribution in [3.63, 3.8) is 0 Å². The Balaban J connectivity index is 1.33. The van der Waals surface area contributed by atoms with E-state index in [1.54, 1.807) is 42.8 Å². The van der Waals surface area contributed by atoms with Crippen LogP contribution in [0.5, 0.6) is 0 Å². The van der Waals surface area contributed by atoms with Gasteiger partial charge in [0.2, 0.25) is 5.28 Å². The SMILES string of the molecule is Cc1ccc(-c2cc(C(F)(F)F)nn2-c2ccc(S(=O)(=O)NC(=O)OC3CCN([N+]([O-])=NOC(C)OC(=O)OC(C)C)CC3)cc2)cc1. The zero-order chi connectivity index (χ0) is 35.2. The van der Waals surface area contributed by atoms with Crippen LogP contribution in [0.25, 0.3) is 16.9 Å². The van der Waals surface area contributed by atoms with E-state index in [9.17, 15) is 36.4 Å². The van der Waals surface area contributed by atoms with Crippen LogP contribution in [0, 0.1) is 12.1 Å². The molecule has 48 heavy (non-hydrogen) atoms. The summed E-state index contributed by atoms with van der Waals surface area (Å²) < 4.78 is 83.9. The minimum absolute atomic E-state index is 0.0706. The second kappa shape index (κ2) is 14.8. The number of ether oxygens (including phenoxy) is 3. The summed E-state index contributed by atoms with van der Waals surface area (Å²) in [7, 11) is -4.43. The maximum Gasteiger partial charge on any atom is 0.511 e. The zero-order valence-corrected chi connectivity index (χ0v) is 27.0. The van der Waals surface area contributed by atoms with E-state index in [0.29, 0.717) is 5.56 Å². The molecule has 1 aliphatic rings. The molecule has 3 aromatic rings. The lowest BCUT2D eigenvalue weighted by molar-refractivity contribution is -0.715. The molecule has 2 aromatic carbocycles. The minimum Gasteiger partial charge on any atom is -0.569 e. The van der Waals surface area contributed by atoms with Gasteiger partial charge in [-0.25, -0.2) is 27.4 Å². The van der Waals surface area contributed by atoms with Crippen molar-refractivity contribution in [3.8, 4) is 16.9 Å². The molecule has 1 aliphatic heterocycles. The van der Waals surface area contributed by atoms with Crippen LogP contribution >= 0.6 is 0 Å². The maximum absolute atomic E-state index is 13.5. The summed E-state index contributed by atoms with van der Waals surface area (Å²) in [5.41, 5.74) is 0.531. The van der Waals surface area contributed by atoms with Gasteiger partial charge in [-0.3, -0.25) is 4.84 Å². The highest BCUT2D eigenvalue weighted by Gasteiger charge is 2.35. The fourth-order valence-electron chi connectivity index (χ4n) is 4.42. The summed E-state index contributed by atoms with van der Waals surface area (Å²) in [6.07, 6.45) is -9.02. The molecule has 1 atom stereocenters. The van der Waals surface area contributed by atoms with Crippen molar-refractivity contribution < 1.29 is 55.2 Å². The number of sulfonamides is 1. The van der Waals surface area contributed by atoms with Gasteiger partial charge in [0.25, 0.3) is 16.3 Å². The predicted octanol–water partition coefficient (Wildman–Crippen LogP) is 5.46. The molecule has 19 heteroatoms. The van der Waals surface area contributed by atoms with Gasteiger partial charge in [0, 0.05) is 25.3 Å². The number of carbonyl (C=O) groups excluding carboxylic acids is 2. The first-order valence-electron chi connectivity index (χ1n) is 14.6. The molecule has 0 bridgehead atoms. The molecule has 1 fully saturated rings. The number of hydrogen-bond acceptors (Lipinski definition) is 11. The van der Waals surface area contributed by atoms with Crippen molar-refractivity contribution >= 4 is 22.3 Å². The number of rotatable bonds is 10. The third-order valence-electron chi connectivity index (χ3n) is 6.75. The second-order valence-corrected chi connectivity index (χ2v) is 12.6. The molecule has 260 valence electrons. The molecule has 1 N–H and O–H groups in total. The van der Waals surface area contributed by atoms with Crippen molar-refractivity contribution in [1.82, 2.24) is 19.5 Å². The van der Waals surface area contributed by atoms with E-state index in [1.807, 2.05) is 6.92 Å². The summed E-state index contributed by atoms with van der Waals surface area (Å²) in [5, 5.41) is 20.5. The Labute approximate surface area is 273 Å². The van der Waals surface area contributed by atoms with Gasteiger partial charge in [-0.15, -0.1) is 5.01 Å². The molecule has 1 aromatic heterocycles. The number of aryl methyl sites for hydroxylation is 1. The van der Waals surface area contributed by atoms with Crippen LogP contribution in [0.2, 0.25) is 0 Å². The van der Waals surface area contributed by atoms with Gasteiger partial charge in [0.05, 0.1) is 40.4 Å². The number of benzene rings is 2. The smallest absolute Gasteiger partial charge is 0.511 e. The summed E-state index contributed by atoms with van der Waals surface area (Å²) in [4.78, 5) is 28.6. The van der Waals surface area contributed by atoms with Crippen molar-refractivity contribution in [2.45, 2.75) is 70.1 Å². The Bertz CT molecular complexity index is 1720. The maximum atomic E-state index is 13.5. The summed E-state index contributed by atoms with van der Waals surface area (Å²) in [6, 6.07) is 12.4. The standard InChI is InChI=1S/C29H33F3N6O9S/c1-18(2)44-28(40)45-20(4)47-35-38(41)36-15-13-23(14-16-36)46-27(39)34-48(42,43)24-11-9-22(10-12-24)37-25(17-26(33-37)29(30,31)32)21-7-5-19(3)6-8-21/h5-12,17-18,20,23H,13-16H2,1-4H3,(H,34,39). The normalized spacial score (nSPS) is 15.2. The van der Waals surface area contributed by atoms with Gasteiger partial charge in [-0.2, -0.15) is 18.3 Å².